The quantitative estimate of drug-likeness (QED) is 0.421. The maximum atomic E-state index is 12.5. The van der Waals surface area contributed by atoms with Crippen molar-refractivity contribution in [2.45, 2.75) is 39.4 Å². The number of benzene rings is 2. The minimum Gasteiger partial charge on any atom is -0.494 e. The van der Waals surface area contributed by atoms with E-state index in [-0.39, 0.29) is 5.78 Å². The molecule has 0 radical (unpaired) electrons. The molecule has 0 amide bonds. The largest absolute Gasteiger partial charge is 0.494 e. The molecule has 2 nitrogen and oxygen atoms in total. The van der Waals surface area contributed by atoms with Crippen LogP contribution in [-0.4, -0.2) is 20.5 Å². The van der Waals surface area contributed by atoms with Gasteiger partial charge in [-0.1, -0.05) is 62.4 Å². The SMILES string of the molecule is CCCCOc1ccc(C(=O)c2ccc([Si](C)(C)C)cc2)cc1. The molecule has 0 aliphatic heterocycles. The third kappa shape index (κ3) is 4.80. The Balaban J connectivity index is 2.08. The summed E-state index contributed by atoms with van der Waals surface area (Å²) >= 11 is 0. The third-order valence-corrected chi connectivity index (χ3v) is 5.96. The molecular formula is C20H26O2Si. The van der Waals surface area contributed by atoms with Crippen LogP contribution < -0.4 is 9.92 Å². The first-order valence-electron chi connectivity index (χ1n) is 8.30. The van der Waals surface area contributed by atoms with Gasteiger partial charge in [-0.2, -0.15) is 0 Å². The molecule has 0 aromatic heterocycles. The van der Waals surface area contributed by atoms with E-state index in [0.717, 1.165) is 30.8 Å². The normalized spacial score (nSPS) is 11.3. The van der Waals surface area contributed by atoms with Gasteiger partial charge < -0.3 is 4.74 Å². The standard InChI is InChI=1S/C20H26O2Si/c1-5-6-15-22-18-11-7-16(8-12-18)20(21)17-9-13-19(14-10-17)23(2,3)4/h7-14H,5-6,15H2,1-4H3. The van der Waals surface area contributed by atoms with E-state index in [9.17, 15) is 4.79 Å². The fourth-order valence-electron chi connectivity index (χ4n) is 2.33. The monoisotopic (exact) mass is 326 g/mol. The molecule has 2 rings (SSSR count). The summed E-state index contributed by atoms with van der Waals surface area (Å²) in [4.78, 5) is 12.5. The number of ketones is 1. The molecule has 3 heteroatoms. The van der Waals surface area contributed by atoms with Crippen molar-refractivity contribution in [3.8, 4) is 5.75 Å². The van der Waals surface area contributed by atoms with Crippen LogP contribution in [0.2, 0.25) is 19.6 Å². The minimum atomic E-state index is -1.32. The molecule has 0 saturated heterocycles. The highest BCUT2D eigenvalue weighted by atomic mass is 28.3. The van der Waals surface area contributed by atoms with Crippen LogP contribution in [0.5, 0.6) is 5.75 Å². The lowest BCUT2D eigenvalue weighted by Crippen LogP contribution is -2.37. The van der Waals surface area contributed by atoms with Crippen LogP contribution in [-0.2, 0) is 0 Å². The number of unbranched alkanes of at least 4 members (excludes halogenated alkanes) is 1. The van der Waals surface area contributed by atoms with Gasteiger partial charge in [0.15, 0.2) is 5.78 Å². The van der Waals surface area contributed by atoms with E-state index in [0.29, 0.717) is 5.56 Å². The van der Waals surface area contributed by atoms with Crippen molar-refractivity contribution in [1.82, 2.24) is 0 Å². The van der Waals surface area contributed by atoms with Gasteiger partial charge >= 0.3 is 0 Å². The molecule has 122 valence electrons. The molecule has 0 aliphatic carbocycles. The number of hydrogen-bond acceptors (Lipinski definition) is 2. The predicted molar refractivity (Wildman–Crippen MR) is 99.7 cm³/mol. The van der Waals surface area contributed by atoms with E-state index in [1.54, 1.807) is 0 Å². The van der Waals surface area contributed by atoms with Crippen molar-refractivity contribution in [2.75, 3.05) is 6.61 Å². The van der Waals surface area contributed by atoms with Gasteiger partial charge in [0.25, 0.3) is 0 Å². The molecule has 0 saturated carbocycles. The Kier molecular flexibility index (Phi) is 5.78. The number of carbonyl (C=O) groups excluding carboxylic acids is 1. The Morgan fingerprint density at radius 2 is 1.43 bits per heavy atom. The molecule has 2 aromatic carbocycles. The lowest BCUT2D eigenvalue weighted by Gasteiger charge is -2.16. The van der Waals surface area contributed by atoms with Crippen molar-refractivity contribution in [2.24, 2.45) is 0 Å². The summed E-state index contributed by atoms with van der Waals surface area (Å²) < 4.78 is 5.63. The summed E-state index contributed by atoms with van der Waals surface area (Å²) in [5.41, 5.74) is 1.44. The summed E-state index contributed by atoms with van der Waals surface area (Å²) in [5, 5.41) is 1.37. The van der Waals surface area contributed by atoms with Crippen molar-refractivity contribution in [3.63, 3.8) is 0 Å². The van der Waals surface area contributed by atoms with Crippen molar-refractivity contribution in [3.05, 3.63) is 59.7 Å². The molecule has 0 atom stereocenters. The Labute approximate surface area is 140 Å². The number of ether oxygens (including phenoxy) is 1. The van der Waals surface area contributed by atoms with Crippen LogP contribution >= 0.6 is 0 Å². The second-order valence-corrected chi connectivity index (χ2v) is 12.0. The van der Waals surface area contributed by atoms with Crippen LogP contribution in [0.3, 0.4) is 0 Å². The molecule has 0 spiro atoms. The van der Waals surface area contributed by atoms with Gasteiger partial charge in [-0.15, -0.1) is 0 Å². The highest BCUT2D eigenvalue weighted by Gasteiger charge is 2.17. The average molecular weight is 327 g/mol. The van der Waals surface area contributed by atoms with E-state index in [2.05, 4.69) is 38.7 Å². The van der Waals surface area contributed by atoms with Crippen molar-refractivity contribution in [1.29, 1.82) is 0 Å². The topological polar surface area (TPSA) is 26.3 Å². The Hall–Kier alpha value is -1.87. The molecular weight excluding hydrogens is 300 g/mol. The number of carbonyl (C=O) groups is 1. The molecule has 0 bridgehead atoms. The Morgan fingerprint density at radius 1 is 0.913 bits per heavy atom. The molecule has 2 aromatic rings. The van der Waals surface area contributed by atoms with Crippen LogP contribution in [0, 0.1) is 0 Å². The van der Waals surface area contributed by atoms with Gasteiger partial charge in [0.1, 0.15) is 5.75 Å². The molecule has 0 heterocycles. The first-order chi connectivity index (χ1) is 10.9. The van der Waals surface area contributed by atoms with Gasteiger partial charge in [0.05, 0.1) is 14.7 Å². The summed E-state index contributed by atoms with van der Waals surface area (Å²) in [6.45, 7) is 9.78. The highest BCUT2D eigenvalue weighted by Crippen LogP contribution is 2.16. The number of rotatable bonds is 7. The lowest BCUT2D eigenvalue weighted by molar-refractivity contribution is 0.103. The fraction of sp³-hybridized carbons (Fsp3) is 0.350. The zero-order valence-electron chi connectivity index (χ0n) is 14.6. The predicted octanol–water partition coefficient (Wildman–Crippen LogP) is 4.64. The Morgan fingerprint density at radius 3 is 1.91 bits per heavy atom. The first kappa shape index (κ1) is 17.5. The smallest absolute Gasteiger partial charge is 0.193 e. The van der Waals surface area contributed by atoms with E-state index in [4.69, 9.17) is 4.74 Å². The maximum Gasteiger partial charge on any atom is 0.193 e. The zero-order chi connectivity index (χ0) is 16.9. The zero-order valence-corrected chi connectivity index (χ0v) is 15.6. The fourth-order valence-corrected chi connectivity index (χ4v) is 3.49. The second kappa shape index (κ2) is 7.60. The lowest BCUT2D eigenvalue weighted by atomic mass is 10.0. The van der Waals surface area contributed by atoms with E-state index in [1.165, 1.54) is 5.19 Å². The molecule has 0 fully saturated rings. The van der Waals surface area contributed by atoms with Crippen molar-refractivity contribution < 1.29 is 9.53 Å². The summed E-state index contributed by atoms with van der Waals surface area (Å²) in [6, 6.07) is 15.5. The van der Waals surface area contributed by atoms with E-state index >= 15 is 0 Å². The number of hydrogen-bond donors (Lipinski definition) is 0. The van der Waals surface area contributed by atoms with Crippen LogP contribution in [0.1, 0.15) is 35.7 Å². The summed E-state index contributed by atoms with van der Waals surface area (Å²) in [7, 11) is -1.32. The molecule has 0 aliphatic rings. The molecule has 23 heavy (non-hydrogen) atoms. The van der Waals surface area contributed by atoms with Gasteiger partial charge in [0, 0.05) is 11.1 Å². The minimum absolute atomic E-state index is 0.0623. The van der Waals surface area contributed by atoms with E-state index in [1.807, 2.05) is 36.4 Å². The van der Waals surface area contributed by atoms with Gasteiger partial charge in [-0.25, -0.2) is 0 Å². The Bertz CT molecular complexity index is 637. The average Bonchev–Trinajstić information content (AvgIpc) is 2.54. The van der Waals surface area contributed by atoms with Gasteiger partial charge in [-0.05, 0) is 30.7 Å². The first-order valence-corrected chi connectivity index (χ1v) is 11.8. The maximum absolute atomic E-state index is 12.5. The molecule has 0 unspecified atom stereocenters. The van der Waals surface area contributed by atoms with Crippen LogP contribution in [0.25, 0.3) is 0 Å². The van der Waals surface area contributed by atoms with Crippen molar-refractivity contribution >= 4 is 19.0 Å². The van der Waals surface area contributed by atoms with Crippen LogP contribution in [0.4, 0.5) is 0 Å². The van der Waals surface area contributed by atoms with Gasteiger partial charge in [-0.3, -0.25) is 4.79 Å². The van der Waals surface area contributed by atoms with E-state index < -0.39 is 8.07 Å². The summed E-state index contributed by atoms with van der Waals surface area (Å²) in [5.74, 6) is 0.885. The van der Waals surface area contributed by atoms with Gasteiger partial charge in [0.2, 0.25) is 0 Å². The summed E-state index contributed by atoms with van der Waals surface area (Å²) in [6.07, 6.45) is 2.16. The highest BCUT2D eigenvalue weighted by molar-refractivity contribution is 6.88. The van der Waals surface area contributed by atoms with Crippen LogP contribution in [0.15, 0.2) is 48.5 Å². The molecule has 0 N–H and O–H groups in total. The third-order valence-electron chi connectivity index (χ3n) is 3.90. The second-order valence-electron chi connectivity index (χ2n) is 6.88.